The molecule has 0 amide bonds. The summed E-state index contributed by atoms with van der Waals surface area (Å²) < 4.78 is 43.3. The molecule has 2 aromatic carbocycles. The van der Waals surface area contributed by atoms with E-state index in [1.807, 2.05) is 6.07 Å². The molecule has 2 N–H and O–H groups in total. The van der Waals surface area contributed by atoms with Gasteiger partial charge >= 0.3 is 0 Å². The van der Waals surface area contributed by atoms with Gasteiger partial charge in [-0.1, -0.05) is 18.2 Å². The quantitative estimate of drug-likeness (QED) is 0.724. The number of rotatable bonds is 5. The summed E-state index contributed by atoms with van der Waals surface area (Å²) in [5, 5.41) is 18.4. The van der Waals surface area contributed by atoms with E-state index < -0.39 is 15.8 Å². The smallest absolute Gasteiger partial charge is 0.238 e. The second-order valence-corrected chi connectivity index (χ2v) is 7.23. The molecule has 0 bridgehead atoms. The van der Waals surface area contributed by atoms with E-state index in [0.717, 1.165) is 0 Å². The first-order chi connectivity index (χ1) is 12.8. The monoisotopic (exact) mass is 386 g/mol. The Hall–Kier alpha value is -3.22. The van der Waals surface area contributed by atoms with Crippen LogP contribution in [0.25, 0.3) is 22.4 Å². The van der Waals surface area contributed by atoms with Crippen molar-refractivity contribution in [2.45, 2.75) is 11.4 Å². The summed E-state index contributed by atoms with van der Waals surface area (Å²) in [4.78, 5) is -0.0280. The van der Waals surface area contributed by atoms with Crippen LogP contribution >= 0.6 is 0 Å². The van der Waals surface area contributed by atoms with Crippen molar-refractivity contribution in [2.24, 2.45) is 5.14 Å². The van der Waals surface area contributed by atoms with E-state index in [2.05, 4.69) is 5.10 Å². The lowest BCUT2D eigenvalue weighted by Gasteiger charge is -2.06. The molecule has 3 rings (SSSR count). The van der Waals surface area contributed by atoms with E-state index in [-0.39, 0.29) is 17.2 Å². The van der Waals surface area contributed by atoms with Crippen molar-refractivity contribution >= 4 is 10.0 Å². The molecule has 3 aromatic rings. The average molecular weight is 386 g/mol. The minimum atomic E-state index is -3.81. The van der Waals surface area contributed by atoms with Crippen molar-refractivity contribution in [1.29, 1.82) is 5.26 Å². The molecule has 0 spiro atoms. The average Bonchev–Trinajstić information content (AvgIpc) is 3.05. The van der Waals surface area contributed by atoms with Crippen LogP contribution in [0.4, 0.5) is 4.39 Å². The second kappa shape index (κ2) is 7.19. The minimum absolute atomic E-state index is 0.0148. The molecular formula is C18H15FN4O3S. The van der Waals surface area contributed by atoms with Crippen LogP contribution < -0.4 is 9.88 Å². The fourth-order valence-electron chi connectivity index (χ4n) is 2.64. The molecule has 0 aliphatic rings. The van der Waals surface area contributed by atoms with E-state index in [1.165, 1.54) is 36.1 Å². The Balaban J connectivity index is 2.13. The van der Waals surface area contributed by atoms with Crippen molar-refractivity contribution in [3.63, 3.8) is 0 Å². The fraction of sp³-hybridized carbons (Fsp3) is 0.111. The zero-order chi connectivity index (χ0) is 19.6. The van der Waals surface area contributed by atoms with Crippen LogP contribution in [0.1, 0.15) is 0 Å². The molecule has 0 fully saturated rings. The summed E-state index contributed by atoms with van der Waals surface area (Å²) in [5.74, 6) is -0.416. The molecule has 0 saturated heterocycles. The van der Waals surface area contributed by atoms with Crippen LogP contribution in [0.3, 0.4) is 0 Å². The Morgan fingerprint density at radius 2 is 1.89 bits per heavy atom. The van der Waals surface area contributed by atoms with Crippen LogP contribution in [0.2, 0.25) is 0 Å². The number of primary sulfonamides is 1. The second-order valence-electron chi connectivity index (χ2n) is 5.67. The normalized spacial score (nSPS) is 11.2. The maximum absolute atomic E-state index is 14.1. The number of ether oxygens (including phenoxy) is 1. The molecule has 0 unspecified atom stereocenters. The Kier molecular flexibility index (Phi) is 4.94. The third-order valence-electron chi connectivity index (χ3n) is 3.91. The number of hydrogen-bond donors (Lipinski definition) is 1. The topological polar surface area (TPSA) is 111 Å². The zero-order valence-corrected chi connectivity index (χ0v) is 15.1. The lowest BCUT2D eigenvalue weighted by molar-refractivity contribution is 0.386. The Morgan fingerprint density at radius 1 is 1.22 bits per heavy atom. The standard InChI is InChI=1S/C18H15FN4O3S/c1-26-17-7-4-13(10-16(17)19)15-11-23(9-8-20)22-18(15)12-2-5-14(6-3-12)27(21,24)25/h2-7,10-11H,9H2,1H3,(H2,21,24,25). The molecule has 0 aliphatic heterocycles. The molecule has 1 heterocycles. The first-order valence-corrected chi connectivity index (χ1v) is 9.29. The van der Waals surface area contributed by atoms with Crippen LogP contribution in [-0.4, -0.2) is 25.3 Å². The minimum Gasteiger partial charge on any atom is -0.494 e. The summed E-state index contributed by atoms with van der Waals surface area (Å²) in [6.07, 6.45) is 1.63. The predicted molar refractivity (Wildman–Crippen MR) is 96.6 cm³/mol. The van der Waals surface area contributed by atoms with Gasteiger partial charge in [-0.3, -0.25) is 4.68 Å². The van der Waals surface area contributed by atoms with Gasteiger partial charge in [-0.2, -0.15) is 10.4 Å². The van der Waals surface area contributed by atoms with E-state index in [9.17, 15) is 12.8 Å². The van der Waals surface area contributed by atoms with E-state index in [0.29, 0.717) is 22.4 Å². The highest BCUT2D eigenvalue weighted by molar-refractivity contribution is 7.89. The highest BCUT2D eigenvalue weighted by Crippen LogP contribution is 2.33. The lowest BCUT2D eigenvalue weighted by Crippen LogP contribution is -2.11. The van der Waals surface area contributed by atoms with Crippen LogP contribution in [0.5, 0.6) is 5.75 Å². The van der Waals surface area contributed by atoms with E-state index in [1.54, 1.807) is 24.4 Å². The Morgan fingerprint density at radius 3 is 2.44 bits per heavy atom. The summed E-state index contributed by atoms with van der Waals surface area (Å²) >= 11 is 0. The first-order valence-electron chi connectivity index (χ1n) is 7.75. The van der Waals surface area contributed by atoms with Crippen molar-refractivity contribution < 1.29 is 17.5 Å². The molecule has 138 valence electrons. The van der Waals surface area contributed by atoms with Crippen molar-refractivity contribution in [2.75, 3.05) is 7.11 Å². The summed E-state index contributed by atoms with van der Waals surface area (Å²) in [7, 11) is -2.44. The van der Waals surface area contributed by atoms with Gasteiger partial charge in [-0.15, -0.1) is 0 Å². The fourth-order valence-corrected chi connectivity index (χ4v) is 3.15. The van der Waals surface area contributed by atoms with Gasteiger partial charge in [0.2, 0.25) is 10.0 Å². The molecule has 0 radical (unpaired) electrons. The van der Waals surface area contributed by atoms with Crippen LogP contribution in [-0.2, 0) is 16.6 Å². The molecule has 27 heavy (non-hydrogen) atoms. The Bertz CT molecular complexity index is 1130. The van der Waals surface area contributed by atoms with Crippen LogP contribution in [0.15, 0.2) is 53.6 Å². The number of halogens is 1. The SMILES string of the molecule is COc1ccc(-c2cn(CC#N)nc2-c2ccc(S(N)(=O)=O)cc2)cc1F. The number of benzene rings is 2. The predicted octanol–water partition coefficient (Wildman–Crippen LogP) is 2.54. The third kappa shape index (κ3) is 3.81. The van der Waals surface area contributed by atoms with Gasteiger partial charge in [-0.05, 0) is 29.8 Å². The van der Waals surface area contributed by atoms with Gasteiger partial charge in [0.05, 0.1) is 18.1 Å². The third-order valence-corrected chi connectivity index (χ3v) is 4.84. The number of nitrogens with zero attached hydrogens (tertiary/aromatic N) is 3. The van der Waals surface area contributed by atoms with E-state index >= 15 is 0 Å². The molecule has 7 nitrogen and oxygen atoms in total. The van der Waals surface area contributed by atoms with Gasteiger partial charge in [-0.25, -0.2) is 17.9 Å². The van der Waals surface area contributed by atoms with Crippen molar-refractivity contribution in [3.05, 3.63) is 54.5 Å². The lowest BCUT2D eigenvalue weighted by atomic mass is 10.0. The van der Waals surface area contributed by atoms with Gasteiger partial charge in [0, 0.05) is 17.3 Å². The van der Waals surface area contributed by atoms with Crippen molar-refractivity contribution in [1.82, 2.24) is 9.78 Å². The molecule has 0 atom stereocenters. The molecular weight excluding hydrogens is 371 g/mol. The molecule has 0 aliphatic carbocycles. The first kappa shape index (κ1) is 18.6. The largest absolute Gasteiger partial charge is 0.494 e. The maximum Gasteiger partial charge on any atom is 0.238 e. The zero-order valence-electron chi connectivity index (χ0n) is 14.3. The van der Waals surface area contributed by atoms with Crippen molar-refractivity contribution in [3.8, 4) is 34.2 Å². The number of aromatic nitrogens is 2. The van der Waals surface area contributed by atoms with Crippen LogP contribution in [0, 0.1) is 17.1 Å². The summed E-state index contributed by atoms with van der Waals surface area (Å²) in [6.45, 7) is 0.0148. The summed E-state index contributed by atoms with van der Waals surface area (Å²) in [6, 6.07) is 12.3. The van der Waals surface area contributed by atoms with Gasteiger partial charge in [0.15, 0.2) is 11.6 Å². The van der Waals surface area contributed by atoms with E-state index in [4.69, 9.17) is 15.1 Å². The summed E-state index contributed by atoms with van der Waals surface area (Å²) in [5.41, 5.74) is 2.22. The number of nitriles is 1. The maximum atomic E-state index is 14.1. The number of hydrogen-bond acceptors (Lipinski definition) is 5. The highest BCUT2D eigenvalue weighted by Gasteiger charge is 2.16. The number of methoxy groups -OCH3 is 1. The number of nitrogens with two attached hydrogens (primary N) is 1. The Labute approximate surface area is 155 Å². The molecule has 1 aromatic heterocycles. The number of sulfonamides is 1. The highest BCUT2D eigenvalue weighted by atomic mass is 32.2. The molecule has 9 heteroatoms. The van der Waals surface area contributed by atoms with Gasteiger partial charge < -0.3 is 4.74 Å². The van der Waals surface area contributed by atoms with Gasteiger partial charge in [0.1, 0.15) is 12.2 Å². The van der Waals surface area contributed by atoms with Gasteiger partial charge in [0.25, 0.3) is 0 Å². The molecule has 0 saturated carbocycles.